The number of amides is 2. The van der Waals surface area contributed by atoms with E-state index in [1.807, 2.05) is 6.92 Å². The van der Waals surface area contributed by atoms with Crippen molar-refractivity contribution in [2.24, 2.45) is 17.2 Å². The van der Waals surface area contributed by atoms with Crippen LogP contribution in [-0.4, -0.2) is 42.4 Å². The Morgan fingerprint density at radius 3 is 1.93 bits per heavy atom. The molecule has 0 saturated carbocycles. The Labute approximate surface area is 83.4 Å². The molecule has 6 heteroatoms. The van der Waals surface area contributed by atoms with Crippen molar-refractivity contribution in [3.8, 4) is 0 Å². The standard InChI is InChI=1S/C8H18N4O2/c1-6(2-3-9)12(4-7(10)13)5-8(11)14/h6H,2-5,9H2,1H3,(H2,10,13)(H2,11,14). The number of carbonyl (C=O) groups excluding carboxylic acids is 2. The molecular weight excluding hydrogens is 184 g/mol. The fourth-order valence-corrected chi connectivity index (χ4v) is 1.19. The molecule has 1 unspecified atom stereocenters. The number of primary amides is 2. The van der Waals surface area contributed by atoms with Crippen LogP contribution in [0.25, 0.3) is 0 Å². The lowest BCUT2D eigenvalue weighted by atomic mass is 10.2. The van der Waals surface area contributed by atoms with Crippen LogP contribution in [0.5, 0.6) is 0 Å². The molecule has 82 valence electrons. The molecule has 0 aliphatic heterocycles. The first kappa shape index (κ1) is 12.9. The molecule has 0 saturated heterocycles. The summed E-state index contributed by atoms with van der Waals surface area (Å²) in [6, 6.07) is 0.0278. The van der Waals surface area contributed by atoms with Gasteiger partial charge in [0.05, 0.1) is 13.1 Å². The summed E-state index contributed by atoms with van der Waals surface area (Å²) in [5.74, 6) is -0.953. The quantitative estimate of drug-likeness (QED) is 0.442. The van der Waals surface area contributed by atoms with Crippen molar-refractivity contribution in [1.29, 1.82) is 0 Å². The summed E-state index contributed by atoms with van der Waals surface area (Å²) in [4.78, 5) is 23.0. The van der Waals surface area contributed by atoms with Gasteiger partial charge in [-0.25, -0.2) is 0 Å². The minimum atomic E-state index is -0.477. The van der Waals surface area contributed by atoms with Gasteiger partial charge in [-0.2, -0.15) is 0 Å². The molecule has 0 aromatic heterocycles. The highest BCUT2D eigenvalue weighted by Gasteiger charge is 2.16. The van der Waals surface area contributed by atoms with Crippen LogP contribution in [0.2, 0.25) is 0 Å². The van der Waals surface area contributed by atoms with Crippen molar-refractivity contribution < 1.29 is 9.59 Å². The molecule has 0 aromatic carbocycles. The van der Waals surface area contributed by atoms with Gasteiger partial charge in [-0.05, 0) is 19.9 Å². The number of rotatable bonds is 7. The van der Waals surface area contributed by atoms with Crippen molar-refractivity contribution in [1.82, 2.24) is 4.90 Å². The first-order valence-electron chi connectivity index (χ1n) is 4.48. The molecule has 0 fully saturated rings. The zero-order valence-electron chi connectivity index (χ0n) is 8.40. The maximum absolute atomic E-state index is 10.7. The third kappa shape index (κ3) is 5.50. The SMILES string of the molecule is CC(CCN)N(CC(N)=O)CC(N)=O. The van der Waals surface area contributed by atoms with Gasteiger partial charge >= 0.3 is 0 Å². The van der Waals surface area contributed by atoms with E-state index in [4.69, 9.17) is 17.2 Å². The molecule has 0 aliphatic carbocycles. The van der Waals surface area contributed by atoms with Gasteiger partial charge in [-0.15, -0.1) is 0 Å². The maximum atomic E-state index is 10.7. The molecule has 0 spiro atoms. The molecule has 14 heavy (non-hydrogen) atoms. The number of nitrogens with two attached hydrogens (primary N) is 3. The Balaban J connectivity index is 4.21. The highest BCUT2D eigenvalue weighted by atomic mass is 16.2. The van der Waals surface area contributed by atoms with E-state index in [0.717, 1.165) is 0 Å². The van der Waals surface area contributed by atoms with Gasteiger partial charge in [0.2, 0.25) is 11.8 Å². The maximum Gasteiger partial charge on any atom is 0.231 e. The molecule has 0 radical (unpaired) electrons. The summed E-state index contributed by atoms with van der Waals surface area (Å²) in [6.45, 7) is 2.43. The normalized spacial score (nSPS) is 12.8. The van der Waals surface area contributed by atoms with Crippen LogP contribution in [0.15, 0.2) is 0 Å². The fraction of sp³-hybridized carbons (Fsp3) is 0.750. The molecular formula is C8H18N4O2. The molecule has 0 rings (SSSR count). The summed E-state index contributed by atoms with van der Waals surface area (Å²) in [6.07, 6.45) is 0.695. The van der Waals surface area contributed by atoms with Crippen LogP contribution in [0.3, 0.4) is 0 Å². The van der Waals surface area contributed by atoms with Crippen molar-refractivity contribution in [3.63, 3.8) is 0 Å². The van der Waals surface area contributed by atoms with E-state index in [1.54, 1.807) is 4.90 Å². The average Bonchev–Trinajstić information content (AvgIpc) is 2.01. The number of hydrogen-bond acceptors (Lipinski definition) is 4. The zero-order valence-corrected chi connectivity index (χ0v) is 8.40. The minimum Gasteiger partial charge on any atom is -0.369 e. The van der Waals surface area contributed by atoms with Crippen LogP contribution in [0.4, 0.5) is 0 Å². The van der Waals surface area contributed by atoms with E-state index in [-0.39, 0.29) is 19.1 Å². The highest BCUT2D eigenvalue weighted by molar-refractivity contribution is 5.79. The minimum absolute atomic E-state index is 0.0278. The van der Waals surface area contributed by atoms with Crippen molar-refractivity contribution in [2.45, 2.75) is 19.4 Å². The van der Waals surface area contributed by atoms with E-state index in [1.165, 1.54) is 0 Å². The predicted octanol–water partition coefficient (Wildman–Crippen LogP) is -2.00. The Kier molecular flexibility index (Phi) is 5.82. The molecule has 0 aliphatic rings. The third-order valence-electron chi connectivity index (χ3n) is 1.93. The molecule has 0 aromatic rings. The first-order chi connectivity index (χ1) is 6.47. The molecule has 6 N–H and O–H groups in total. The van der Waals surface area contributed by atoms with Crippen LogP contribution >= 0.6 is 0 Å². The lowest BCUT2D eigenvalue weighted by Crippen LogP contribution is -2.45. The monoisotopic (exact) mass is 202 g/mol. The largest absolute Gasteiger partial charge is 0.369 e. The zero-order chi connectivity index (χ0) is 11.1. The van der Waals surface area contributed by atoms with E-state index >= 15 is 0 Å². The second kappa shape index (κ2) is 6.33. The van der Waals surface area contributed by atoms with Crippen LogP contribution in [-0.2, 0) is 9.59 Å². The summed E-state index contributed by atoms with van der Waals surface area (Å²) < 4.78 is 0. The second-order valence-corrected chi connectivity index (χ2v) is 3.26. The summed E-state index contributed by atoms with van der Waals surface area (Å²) in [5.41, 5.74) is 15.4. The second-order valence-electron chi connectivity index (χ2n) is 3.26. The van der Waals surface area contributed by atoms with E-state index in [2.05, 4.69) is 0 Å². The van der Waals surface area contributed by atoms with E-state index < -0.39 is 11.8 Å². The molecule has 0 bridgehead atoms. The molecule has 0 heterocycles. The van der Waals surface area contributed by atoms with Crippen LogP contribution in [0.1, 0.15) is 13.3 Å². The van der Waals surface area contributed by atoms with Crippen LogP contribution in [0, 0.1) is 0 Å². The lowest BCUT2D eigenvalue weighted by Gasteiger charge is -2.25. The number of nitrogens with zero attached hydrogens (tertiary/aromatic N) is 1. The summed E-state index contributed by atoms with van der Waals surface area (Å²) in [7, 11) is 0. The van der Waals surface area contributed by atoms with Crippen molar-refractivity contribution in [2.75, 3.05) is 19.6 Å². The number of hydrogen-bond donors (Lipinski definition) is 3. The van der Waals surface area contributed by atoms with E-state index in [9.17, 15) is 9.59 Å². The average molecular weight is 202 g/mol. The lowest BCUT2D eigenvalue weighted by molar-refractivity contribution is -0.122. The predicted molar refractivity (Wildman–Crippen MR) is 53.1 cm³/mol. The van der Waals surface area contributed by atoms with Crippen molar-refractivity contribution >= 4 is 11.8 Å². The van der Waals surface area contributed by atoms with Crippen LogP contribution < -0.4 is 17.2 Å². The molecule has 1 atom stereocenters. The van der Waals surface area contributed by atoms with Gasteiger partial charge in [0.15, 0.2) is 0 Å². The van der Waals surface area contributed by atoms with Gasteiger partial charge in [-0.1, -0.05) is 0 Å². The Bertz CT molecular complexity index is 192. The van der Waals surface area contributed by atoms with Gasteiger partial charge < -0.3 is 17.2 Å². The topological polar surface area (TPSA) is 115 Å². The first-order valence-corrected chi connectivity index (χ1v) is 4.48. The van der Waals surface area contributed by atoms with Gasteiger partial charge in [-0.3, -0.25) is 14.5 Å². The number of carbonyl (C=O) groups is 2. The van der Waals surface area contributed by atoms with Gasteiger partial charge in [0.25, 0.3) is 0 Å². The highest BCUT2D eigenvalue weighted by Crippen LogP contribution is 2.01. The summed E-state index contributed by atoms with van der Waals surface area (Å²) >= 11 is 0. The fourth-order valence-electron chi connectivity index (χ4n) is 1.19. The van der Waals surface area contributed by atoms with Gasteiger partial charge in [0.1, 0.15) is 0 Å². The smallest absolute Gasteiger partial charge is 0.231 e. The Morgan fingerprint density at radius 1 is 1.21 bits per heavy atom. The van der Waals surface area contributed by atoms with E-state index in [0.29, 0.717) is 13.0 Å². The summed E-state index contributed by atoms with van der Waals surface area (Å²) in [5, 5.41) is 0. The van der Waals surface area contributed by atoms with Crippen molar-refractivity contribution in [3.05, 3.63) is 0 Å². The third-order valence-corrected chi connectivity index (χ3v) is 1.93. The molecule has 6 nitrogen and oxygen atoms in total. The van der Waals surface area contributed by atoms with Gasteiger partial charge in [0, 0.05) is 6.04 Å². The Morgan fingerprint density at radius 2 is 1.64 bits per heavy atom. The molecule has 2 amide bonds. The Hall–Kier alpha value is -1.14.